The number of hydrogen-bond donors (Lipinski definition) is 3. The lowest BCUT2D eigenvalue weighted by molar-refractivity contribution is -0.140. The van der Waals surface area contributed by atoms with E-state index in [9.17, 15) is 9.59 Å². The molecule has 6 nitrogen and oxygen atoms in total. The van der Waals surface area contributed by atoms with Crippen molar-refractivity contribution in [3.8, 4) is 0 Å². The molecule has 0 heterocycles. The van der Waals surface area contributed by atoms with Crippen molar-refractivity contribution in [1.29, 1.82) is 0 Å². The molecule has 21 heavy (non-hydrogen) atoms. The van der Waals surface area contributed by atoms with Crippen molar-refractivity contribution >= 4 is 12.0 Å². The highest BCUT2D eigenvalue weighted by atomic mass is 16.4. The van der Waals surface area contributed by atoms with Gasteiger partial charge in [0.15, 0.2) is 0 Å². The van der Waals surface area contributed by atoms with Crippen molar-refractivity contribution in [3.05, 3.63) is 0 Å². The number of carboxylic acid groups (broad SMARTS) is 1. The third-order valence-corrected chi connectivity index (χ3v) is 4.13. The zero-order chi connectivity index (χ0) is 15.7. The lowest BCUT2D eigenvalue weighted by Gasteiger charge is -2.36. The van der Waals surface area contributed by atoms with E-state index in [1.807, 2.05) is 14.1 Å². The van der Waals surface area contributed by atoms with Gasteiger partial charge in [-0.1, -0.05) is 19.3 Å². The number of carbonyl (C=O) groups excluding carboxylic acids is 1. The number of nitrogens with one attached hydrogen (secondary N) is 2. The first-order chi connectivity index (χ1) is 9.93. The Morgan fingerprint density at radius 2 is 1.81 bits per heavy atom. The number of nitrogens with zero attached hydrogens (tertiary/aromatic N) is 1. The molecule has 0 saturated heterocycles. The van der Waals surface area contributed by atoms with Crippen LogP contribution >= 0.6 is 0 Å². The maximum absolute atomic E-state index is 11.8. The quantitative estimate of drug-likeness (QED) is 0.595. The van der Waals surface area contributed by atoms with Gasteiger partial charge in [-0.25, -0.2) is 4.79 Å². The van der Waals surface area contributed by atoms with Crippen molar-refractivity contribution < 1.29 is 14.7 Å². The molecular formula is C15H29N3O3. The van der Waals surface area contributed by atoms with Crippen LogP contribution < -0.4 is 10.6 Å². The Bertz CT molecular complexity index is 339. The van der Waals surface area contributed by atoms with Gasteiger partial charge in [0.05, 0.1) is 6.42 Å². The van der Waals surface area contributed by atoms with Crippen molar-refractivity contribution in [2.24, 2.45) is 5.41 Å². The fourth-order valence-electron chi connectivity index (χ4n) is 2.97. The molecule has 1 saturated carbocycles. The zero-order valence-corrected chi connectivity index (χ0v) is 13.3. The third kappa shape index (κ3) is 7.32. The summed E-state index contributed by atoms with van der Waals surface area (Å²) >= 11 is 0. The average molecular weight is 299 g/mol. The predicted octanol–water partition coefficient (Wildman–Crippen LogP) is 1.66. The summed E-state index contributed by atoms with van der Waals surface area (Å²) in [6.07, 6.45) is 6.10. The second-order valence-electron chi connectivity index (χ2n) is 6.40. The minimum Gasteiger partial charge on any atom is -0.481 e. The highest BCUT2D eigenvalue weighted by Crippen LogP contribution is 2.38. The summed E-state index contributed by atoms with van der Waals surface area (Å²) in [7, 11) is 4.00. The van der Waals surface area contributed by atoms with E-state index in [0.29, 0.717) is 13.1 Å². The van der Waals surface area contributed by atoms with Crippen LogP contribution in [0.25, 0.3) is 0 Å². The lowest BCUT2D eigenvalue weighted by atomic mass is 9.72. The Labute approximate surface area is 127 Å². The van der Waals surface area contributed by atoms with Gasteiger partial charge in [0.2, 0.25) is 0 Å². The van der Waals surface area contributed by atoms with Crippen LogP contribution in [0.5, 0.6) is 0 Å². The third-order valence-electron chi connectivity index (χ3n) is 4.13. The Morgan fingerprint density at radius 3 is 2.38 bits per heavy atom. The van der Waals surface area contributed by atoms with E-state index in [0.717, 1.165) is 45.1 Å². The Kier molecular flexibility index (Phi) is 7.50. The largest absolute Gasteiger partial charge is 0.481 e. The molecule has 0 unspecified atom stereocenters. The molecule has 1 aliphatic carbocycles. The van der Waals surface area contributed by atoms with Crippen LogP contribution in [0.2, 0.25) is 0 Å². The van der Waals surface area contributed by atoms with E-state index in [-0.39, 0.29) is 17.9 Å². The van der Waals surface area contributed by atoms with E-state index in [2.05, 4.69) is 15.5 Å². The molecule has 1 aliphatic rings. The molecule has 0 aromatic rings. The number of amides is 2. The minimum absolute atomic E-state index is 0.147. The summed E-state index contributed by atoms with van der Waals surface area (Å²) in [5.74, 6) is -0.773. The van der Waals surface area contributed by atoms with E-state index in [4.69, 9.17) is 5.11 Å². The topological polar surface area (TPSA) is 81.7 Å². The monoisotopic (exact) mass is 299 g/mol. The summed E-state index contributed by atoms with van der Waals surface area (Å²) in [5.41, 5.74) is -0.259. The van der Waals surface area contributed by atoms with Gasteiger partial charge in [-0.15, -0.1) is 0 Å². The molecule has 6 heteroatoms. The van der Waals surface area contributed by atoms with Gasteiger partial charge in [0, 0.05) is 13.1 Å². The van der Waals surface area contributed by atoms with Crippen LogP contribution in [0.1, 0.15) is 44.9 Å². The number of rotatable bonds is 8. The molecule has 0 atom stereocenters. The predicted molar refractivity (Wildman–Crippen MR) is 82.3 cm³/mol. The van der Waals surface area contributed by atoms with Gasteiger partial charge in [0.1, 0.15) is 0 Å². The van der Waals surface area contributed by atoms with Crippen LogP contribution in [0.15, 0.2) is 0 Å². The van der Waals surface area contributed by atoms with E-state index < -0.39 is 5.97 Å². The summed E-state index contributed by atoms with van der Waals surface area (Å²) in [4.78, 5) is 24.9. The molecule has 0 aliphatic heterocycles. The van der Waals surface area contributed by atoms with Crippen LogP contribution in [0.3, 0.4) is 0 Å². The van der Waals surface area contributed by atoms with Crippen LogP contribution in [0.4, 0.5) is 4.79 Å². The summed E-state index contributed by atoms with van der Waals surface area (Å²) in [5, 5.41) is 14.8. The van der Waals surface area contributed by atoms with E-state index in [1.54, 1.807) is 0 Å². The first-order valence-corrected chi connectivity index (χ1v) is 7.82. The smallest absolute Gasteiger partial charge is 0.314 e. The molecule has 1 fully saturated rings. The number of carboxylic acids is 1. The Balaban J connectivity index is 2.31. The fourth-order valence-corrected chi connectivity index (χ4v) is 2.97. The molecule has 0 radical (unpaired) electrons. The minimum atomic E-state index is -0.773. The molecule has 0 bridgehead atoms. The maximum Gasteiger partial charge on any atom is 0.314 e. The van der Waals surface area contributed by atoms with E-state index >= 15 is 0 Å². The second kappa shape index (κ2) is 8.87. The molecular weight excluding hydrogens is 270 g/mol. The lowest BCUT2D eigenvalue weighted by Crippen LogP contribution is -2.44. The van der Waals surface area contributed by atoms with Gasteiger partial charge in [-0.3, -0.25) is 4.79 Å². The van der Waals surface area contributed by atoms with Crippen molar-refractivity contribution in [3.63, 3.8) is 0 Å². The Hall–Kier alpha value is -1.30. The van der Waals surface area contributed by atoms with Crippen LogP contribution in [0, 0.1) is 5.41 Å². The van der Waals surface area contributed by atoms with Gasteiger partial charge >= 0.3 is 12.0 Å². The molecule has 3 N–H and O–H groups in total. The normalized spacial score (nSPS) is 17.5. The van der Waals surface area contributed by atoms with Gasteiger partial charge in [-0.2, -0.15) is 0 Å². The fraction of sp³-hybridized carbons (Fsp3) is 0.867. The van der Waals surface area contributed by atoms with Gasteiger partial charge in [-0.05, 0) is 45.3 Å². The van der Waals surface area contributed by atoms with Gasteiger partial charge in [0.25, 0.3) is 0 Å². The molecule has 0 spiro atoms. The highest BCUT2D eigenvalue weighted by molar-refractivity contribution is 5.74. The van der Waals surface area contributed by atoms with Crippen molar-refractivity contribution in [2.75, 3.05) is 33.7 Å². The van der Waals surface area contributed by atoms with Gasteiger partial charge < -0.3 is 20.6 Å². The first-order valence-electron chi connectivity index (χ1n) is 7.82. The first kappa shape index (κ1) is 17.8. The number of aliphatic carboxylic acids is 1. The van der Waals surface area contributed by atoms with Crippen molar-refractivity contribution in [2.45, 2.75) is 44.9 Å². The highest BCUT2D eigenvalue weighted by Gasteiger charge is 2.34. The zero-order valence-electron chi connectivity index (χ0n) is 13.3. The maximum atomic E-state index is 11.8. The second-order valence-corrected chi connectivity index (χ2v) is 6.40. The van der Waals surface area contributed by atoms with Crippen LogP contribution in [-0.4, -0.2) is 55.7 Å². The average Bonchev–Trinajstić information content (AvgIpc) is 2.41. The van der Waals surface area contributed by atoms with E-state index in [1.165, 1.54) is 0 Å². The Morgan fingerprint density at radius 1 is 1.14 bits per heavy atom. The number of hydrogen-bond acceptors (Lipinski definition) is 3. The van der Waals surface area contributed by atoms with Crippen LogP contribution in [-0.2, 0) is 4.79 Å². The SMILES string of the molecule is CN(C)CCCNC(=O)NCC1(CC(=O)O)CCCCC1. The summed E-state index contributed by atoms with van der Waals surface area (Å²) in [6, 6.07) is -0.191. The molecule has 2 amide bonds. The number of urea groups is 1. The number of carbonyl (C=O) groups is 2. The molecule has 1 rings (SSSR count). The van der Waals surface area contributed by atoms with Crippen molar-refractivity contribution in [1.82, 2.24) is 15.5 Å². The summed E-state index contributed by atoms with van der Waals surface area (Å²) in [6.45, 7) is 2.03. The molecule has 0 aromatic heterocycles. The molecule has 122 valence electrons. The summed E-state index contributed by atoms with van der Waals surface area (Å²) < 4.78 is 0. The standard InChI is InChI=1S/C15H29N3O3/c1-18(2)10-6-9-16-14(21)17-12-15(11-13(19)20)7-4-3-5-8-15/h3-12H2,1-2H3,(H,19,20)(H2,16,17,21). The molecule has 0 aromatic carbocycles.